The van der Waals surface area contributed by atoms with Gasteiger partial charge in [0.25, 0.3) is 0 Å². The van der Waals surface area contributed by atoms with Gasteiger partial charge >= 0.3 is 0 Å². The number of nitrogens with zero attached hydrogens (tertiary/aromatic N) is 2. The fourth-order valence-corrected chi connectivity index (χ4v) is 4.73. The van der Waals surface area contributed by atoms with Crippen LogP contribution in [0.2, 0.25) is 0 Å². The van der Waals surface area contributed by atoms with Crippen LogP contribution in [0.1, 0.15) is 37.7 Å². The minimum absolute atomic E-state index is 0.123. The highest BCUT2D eigenvalue weighted by molar-refractivity contribution is 5.84. The summed E-state index contributed by atoms with van der Waals surface area (Å²) in [6, 6.07) is 11.2. The van der Waals surface area contributed by atoms with Gasteiger partial charge in [0, 0.05) is 45.4 Å². The van der Waals surface area contributed by atoms with Gasteiger partial charge in [-0.2, -0.15) is 0 Å². The lowest BCUT2D eigenvalue weighted by Gasteiger charge is -2.47. The van der Waals surface area contributed by atoms with E-state index in [9.17, 15) is 4.79 Å². The third-order valence-electron chi connectivity index (χ3n) is 6.46. The summed E-state index contributed by atoms with van der Waals surface area (Å²) in [4.78, 5) is 18.0. The Morgan fingerprint density at radius 1 is 1.04 bits per heavy atom. The first-order valence-electron chi connectivity index (χ1n) is 9.92. The van der Waals surface area contributed by atoms with Crippen LogP contribution in [0.15, 0.2) is 30.3 Å². The molecule has 4 rings (SSSR count). The SMILES string of the molecule is O=C(N1CCN(C2CCOCC2)CC1)C1(Cc2ccccc2)CCC1. The lowest BCUT2D eigenvalue weighted by Crippen LogP contribution is -2.57. The molecule has 0 spiro atoms. The third kappa shape index (κ3) is 3.61. The van der Waals surface area contributed by atoms with Crippen LogP contribution < -0.4 is 0 Å². The van der Waals surface area contributed by atoms with E-state index in [0.29, 0.717) is 11.9 Å². The highest BCUT2D eigenvalue weighted by Crippen LogP contribution is 2.45. The fourth-order valence-electron chi connectivity index (χ4n) is 4.73. The van der Waals surface area contributed by atoms with E-state index in [4.69, 9.17) is 4.74 Å². The van der Waals surface area contributed by atoms with Crippen molar-refractivity contribution >= 4 is 5.91 Å². The zero-order valence-electron chi connectivity index (χ0n) is 15.2. The highest BCUT2D eigenvalue weighted by atomic mass is 16.5. The Morgan fingerprint density at radius 3 is 2.32 bits per heavy atom. The van der Waals surface area contributed by atoms with E-state index in [1.54, 1.807) is 0 Å². The predicted octanol–water partition coefficient (Wildman–Crippen LogP) is 2.72. The number of ether oxygens (including phenoxy) is 1. The molecular formula is C21H30N2O2. The maximum absolute atomic E-state index is 13.3. The summed E-state index contributed by atoms with van der Waals surface area (Å²) in [5.74, 6) is 0.411. The van der Waals surface area contributed by atoms with E-state index in [0.717, 1.165) is 71.5 Å². The fraction of sp³-hybridized carbons (Fsp3) is 0.667. The third-order valence-corrected chi connectivity index (χ3v) is 6.46. The quantitative estimate of drug-likeness (QED) is 0.843. The molecule has 4 nitrogen and oxygen atoms in total. The van der Waals surface area contributed by atoms with Crippen LogP contribution in [0.4, 0.5) is 0 Å². The van der Waals surface area contributed by atoms with E-state index >= 15 is 0 Å². The molecule has 3 aliphatic rings. The largest absolute Gasteiger partial charge is 0.381 e. The van der Waals surface area contributed by atoms with E-state index in [-0.39, 0.29) is 5.41 Å². The van der Waals surface area contributed by atoms with Crippen LogP contribution in [0.25, 0.3) is 0 Å². The molecule has 1 aromatic carbocycles. The Morgan fingerprint density at radius 2 is 1.72 bits per heavy atom. The second kappa shape index (κ2) is 7.46. The lowest BCUT2D eigenvalue weighted by molar-refractivity contribution is -0.150. The van der Waals surface area contributed by atoms with Crippen molar-refractivity contribution < 1.29 is 9.53 Å². The number of amides is 1. The minimum Gasteiger partial charge on any atom is -0.381 e. The van der Waals surface area contributed by atoms with Gasteiger partial charge in [0.05, 0.1) is 5.41 Å². The monoisotopic (exact) mass is 342 g/mol. The molecule has 0 aromatic heterocycles. The summed E-state index contributed by atoms with van der Waals surface area (Å²) in [5.41, 5.74) is 1.18. The Bertz CT molecular complexity index is 571. The molecule has 0 bridgehead atoms. The Balaban J connectivity index is 1.36. The molecule has 0 atom stereocenters. The Hall–Kier alpha value is -1.39. The molecule has 3 fully saturated rings. The summed E-state index contributed by atoms with van der Waals surface area (Å²) < 4.78 is 5.48. The molecule has 1 aliphatic carbocycles. The zero-order chi connectivity index (χ0) is 17.1. The molecular weight excluding hydrogens is 312 g/mol. The second-order valence-corrected chi connectivity index (χ2v) is 7.97. The molecule has 2 aliphatic heterocycles. The first kappa shape index (κ1) is 17.0. The van der Waals surface area contributed by atoms with Crippen LogP contribution in [-0.2, 0) is 16.0 Å². The maximum atomic E-state index is 13.3. The summed E-state index contributed by atoms with van der Waals surface area (Å²) >= 11 is 0. The van der Waals surface area contributed by atoms with E-state index in [1.165, 1.54) is 12.0 Å². The Kier molecular flexibility index (Phi) is 5.09. The number of hydrogen-bond acceptors (Lipinski definition) is 3. The standard InChI is InChI=1S/C21H30N2O2/c24-20(21(9-4-10-21)17-18-5-2-1-3-6-18)23-13-11-22(12-14-23)19-7-15-25-16-8-19/h1-3,5-6,19H,4,7-17H2. The van der Waals surface area contributed by atoms with Crippen molar-refractivity contribution in [2.75, 3.05) is 39.4 Å². The number of rotatable bonds is 4. The van der Waals surface area contributed by atoms with E-state index in [1.807, 2.05) is 6.07 Å². The van der Waals surface area contributed by atoms with Crippen molar-refractivity contribution in [2.24, 2.45) is 5.41 Å². The second-order valence-electron chi connectivity index (χ2n) is 7.97. The molecule has 1 saturated carbocycles. The first-order valence-corrected chi connectivity index (χ1v) is 9.92. The average molecular weight is 342 g/mol. The molecule has 2 saturated heterocycles. The first-order chi connectivity index (χ1) is 12.3. The van der Waals surface area contributed by atoms with Crippen LogP contribution in [-0.4, -0.2) is 61.1 Å². The van der Waals surface area contributed by atoms with Gasteiger partial charge < -0.3 is 9.64 Å². The predicted molar refractivity (Wildman–Crippen MR) is 98.4 cm³/mol. The zero-order valence-corrected chi connectivity index (χ0v) is 15.2. The van der Waals surface area contributed by atoms with Crippen molar-refractivity contribution in [1.29, 1.82) is 0 Å². The van der Waals surface area contributed by atoms with Gasteiger partial charge in [0.15, 0.2) is 0 Å². The summed E-state index contributed by atoms with van der Waals surface area (Å²) in [5, 5.41) is 0. The number of piperazine rings is 1. The van der Waals surface area contributed by atoms with Gasteiger partial charge in [0.2, 0.25) is 5.91 Å². The highest BCUT2D eigenvalue weighted by Gasteiger charge is 2.46. The summed E-state index contributed by atoms with van der Waals surface area (Å²) in [6.45, 7) is 5.63. The summed E-state index contributed by atoms with van der Waals surface area (Å²) in [7, 11) is 0. The molecule has 136 valence electrons. The van der Waals surface area contributed by atoms with Crippen molar-refractivity contribution in [3.63, 3.8) is 0 Å². The smallest absolute Gasteiger partial charge is 0.229 e. The number of carbonyl (C=O) groups excluding carboxylic acids is 1. The van der Waals surface area contributed by atoms with Crippen LogP contribution in [0.5, 0.6) is 0 Å². The molecule has 0 unspecified atom stereocenters. The van der Waals surface area contributed by atoms with Gasteiger partial charge in [-0.05, 0) is 37.7 Å². The molecule has 1 aromatic rings. The van der Waals surface area contributed by atoms with E-state index in [2.05, 4.69) is 34.1 Å². The van der Waals surface area contributed by atoms with Gasteiger partial charge in [-0.1, -0.05) is 36.8 Å². The average Bonchev–Trinajstić information content (AvgIpc) is 2.66. The molecule has 2 heterocycles. The maximum Gasteiger partial charge on any atom is 0.229 e. The molecule has 1 amide bonds. The van der Waals surface area contributed by atoms with Crippen LogP contribution in [0, 0.1) is 5.41 Å². The minimum atomic E-state index is -0.123. The molecule has 25 heavy (non-hydrogen) atoms. The molecule has 0 N–H and O–H groups in total. The number of carbonyl (C=O) groups is 1. The van der Waals surface area contributed by atoms with Gasteiger partial charge in [0.1, 0.15) is 0 Å². The Labute approximate surface area is 151 Å². The summed E-state index contributed by atoms with van der Waals surface area (Å²) in [6.07, 6.45) is 6.51. The van der Waals surface area contributed by atoms with Crippen molar-refractivity contribution in [3.05, 3.63) is 35.9 Å². The van der Waals surface area contributed by atoms with Crippen LogP contribution >= 0.6 is 0 Å². The van der Waals surface area contributed by atoms with Gasteiger partial charge in [-0.15, -0.1) is 0 Å². The van der Waals surface area contributed by atoms with Crippen LogP contribution in [0.3, 0.4) is 0 Å². The molecule has 0 radical (unpaired) electrons. The normalized spacial score (nSPS) is 24.7. The van der Waals surface area contributed by atoms with Gasteiger partial charge in [-0.3, -0.25) is 9.69 Å². The number of benzene rings is 1. The van der Waals surface area contributed by atoms with Crippen molar-refractivity contribution in [3.8, 4) is 0 Å². The van der Waals surface area contributed by atoms with E-state index < -0.39 is 0 Å². The van der Waals surface area contributed by atoms with Crippen molar-refractivity contribution in [2.45, 2.75) is 44.6 Å². The topological polar surface area (TPSA) is 32.8 Å². The number of hydrogen-bond donors (Lipinski definition) is 0. The van der Waals surface area contributed by atoms with Gasteiger partial charge in [-0.25, -0.2) is 0 Å². The van der Waals surface area contributed by atoms with Crippen molar-refractivity contribution in [1.82, 2.24) is 9.80 Å². The molecule has 4 heteroatoms. The lowest BCUT2D eigenvalue weighted by atomic mass is 9.64.